The molecule has 4 nitrogen and oxygen atoms in total. The lowest BCUT2D eigenvalue weighted by atomic mass is 10.0. The molecule has 1 aliphatic rings. The predicted octanol–water partition coefficient (Wildman–Crippen LogP) is 0.575. The van der Waals surface area contributed by atoms with Crippen molar-refractivity contribution in [2.45, 2.75) is 18.9 Å². The SMILES string of the molecule is N#CC(N)Cc1ccc2c(c1)CC(=O)N2. The Balaban J connectivity index is 2.21. The van der Waals surface area contributed by atoms with Crippen LogP contribution < -0.4 is 11.1 Å². The van der Waals surface area contributed by atoms with Crippen molar-refractivity contribution in [2.75, 3.05) is 5.32 Å². The molecule has 0 saturated carbocycles. The Labute approximate surface area is 87.7 Å². The number of hydrogen-bond acceptors (Lipinski definition) is 3. The van der Waals surface area contributed by atoms with Crippen LogP contribution in [-0.4, -0.2) is 11.9 Å². The van der Waals surface area contributed by atoms with Crippen molar-refractivity contribution in [2.24, 2.45) is 5.73 Å². The van der Waals surface area contributed by atoms with Crippen molar-refractivity contribution < 1.29 is 4.79 Å². The van der Waals surface area contributed by atoms with Crippen LogP contribution in [0.3, 0.4) is 0 Å². The quantitative estimate of drug-likeness (QED) is 0.734. The number of carbonyl (C=O) groups excluding carboxylic acids is 1. The highest BCUT2D eigenvalue weighted by Gasteiger charge is 2.17. The molecule has 0 bridgehead atoms. The van der Waals surface area contributed by atoms with Gasteiger partial charge in [-0.3, -0.25) is 4.79 Å². The summed E-state index contributed by atoms with van der Waals surface area (Å²) in [6.45, 7) is 0. The van der Waals surface area contributed by atoms with Crippen LogP contribution in [0.25, 0.3) is 0 Å². The van der Waals surface area contributed by atoms with Crippen LogP contribution in [-0.2, 0) is 17.6 Å². The van der Waals surface area contributed by atoms with Gasteiger partial charge in [0.1, 0.15) is 0 Å². The van der Waals surface area contributed by atoms with Gasteiger partial charge in [0.2, 0.25) is 5.91 Å². The normalized spacial score (nSPS) is 15.3. The second-order valence-electron chi connectivity index (χ2n) is 3.66. The molecule has 1 atom stereocenters. The van der Waals surface area contributed by atoms with Gasteiger partial charge in [-0.15, -0.1) is 0 Å². The number of hydrogen-bond donors (Lipinski definition) is 2. The molecule has 1 aromatic carbocycles. The molecule has 15 heavy (non-hydrogen) atoms. The van der Waals surface area contributed by atoms with Crippen LogP contribution in [0, 0.1) is 11.3 Å². The van der Waals surface area contributed by atoms with Gasteiger partial charge in [0, 0.05) is 12.1 Å². The van der Waals surface area contributed by atoms with Crippen molar-refractivity contribution >= 4 is 11.6 Å². The predicted molar refractivity (Wildman–Crippen MR) is 56.1 cm³/mol. The largest absolute Gasteiger partial charge is 0.326 e. The molecule has 0 fully saturated rings. The third kappa shape index (κ3) is 1.97. The summed E-state index contributed by atoms with van der Waals surface area (Å²) in [5.74, 6) is 0.0201. The van der Waals surface area contributed by atoms with E-state index < -0.39 is 6.04 Å². The second kappa shape index (κ2) is 3.71. The molecule has 1 aromatic rings. The van der Waals surface area contributed by atoms with E-state index in [2.05, 4.69) is 5.32 Å². The van der Waals surface area contributed by atoms with Gasteiger partial charge in [-0.2, -0.15) is 5.26 Å². The minimum absolute atomic E-state index is 0.0201. The summed E-state index contributed by atoms with van der Waals surface area (Å²) < 4.78 is 0. The van der Waals surface area contributed by atoms with Gasteiger partial charge in [-0.1, -0.05) is 12.1 Å². The van der Waals surface area contributed by atoms with E-state index in [-0.39, 0.29) is 5.91 Å². The average Bonchev–Trinajstić information content (AvgIpc) is 2.57. The fourth-order valence-electron chi connectivity index (χ4n) is 1.71. The Morgan fingerprint density at radius 1 is 1.60 bits per heavy atom. The maximum Gasteiger partial charge on any atom is 0.228 e. The van der Waals surface area contributed by atoms with Crippen LogP contribution in [0.1, 0.15) is 11.1 Å². The molecule has 0 aliphatic carbocycles. The molecule has 4 heteroatoms. The first-order valence-corrected chi connectivity index (χ1v) is 4.76. The summed E-state index contributed by atoms with van der Waals surface area (Å²) in [5.41, 5.74) is 8.39. The molecule has 0 aromatic heterocycles. The first-order valence-electron chi connectivity index (χ1n) is 4.76. The molecule has 2 rings (SSSR count). The minimum atomic E-state index is -0.479. The number of benzene rings is 1. The lowest BCUT2D eigenvalue weighted by Gasteiger charge is -2.05. The van der Waals surface area contributed by atoms with E-state index in [4.69, 9.17) is 11.0 Å². The third-order valence-corrected chi connectivity index (χ3v) is 2.42. The number of amides is 1. The highest BCUT2D eigenvalue weighted by molar-refractivity contribution is 5.99. The summed E-state index contributed by atoms with van der Waals surface area (Å²) in [6.07, 6.45) is 0.947. The Hall–Kier alpha value is -1.86. The standard InChI is InChI=1S/C11H11N3O/c12-6-9(13)4-7-1-2-10-8(3-7)5-11(15)14-10/h1-3,9H,4-5,13H2,(H,14,15). The van der Waals surface area contributed by atoms with Gasteiger partial charge in [0.25, 0.3) is 0 Å². The summed E-state index contributed by atoms with van der Waals surface area (Å²) in [4.78, 5) is 11.1. The molecular formula is C11H11N3O. The number of carbonyl (C=O) groups is 1. The van der Waals surface area contributed by atoms with Crippen molar-refractivity contribution in [1.29, 1.82) is 5.26 Å². The van der Waals surface area contributed by atoms with Gasteiger partial charge in [-0.05, 0) is 17.2 Å². The first kappa shape index (κ1) is 9.69. The summed E-state index contributed by atoms with van der Waals surface area (Å²) in [6, 6.07) is 7.19. The van der Waals surface area contributed by atoms with Crippen molar-refractivity contribution in [3.63, 3.8) is 0 Å². The molecule has 1 amide bonds. The molecule has 3 N–H and O–H groups in total. The van der Waals surface area contributed by atoms with Gasteiger partial charge in [0.05, 0.1) is 18.5 Å². The van der Waals surface area contributed by atoms with Crippen molar-refractivity contribution in [1.82, 2.24) is 0 Å². The summed E-state index contributed by atoms with van der Waals surface area (Å²) >= 11 is 0. The fraction of sp³-hybridized carbons (Fsp3) is 0.273. The summed E-state index contributed by atoms with van der Waals surface area (Å²) in [5, 5.41) is 11.3. The van der Waals surface area contributed by atoms with Crippen molar-refractivity contribution in [3.05, 3.63) is 29.3 Å². The molecule has 0 radical (unpaired) electrons. The van der Waals surface area contributed by atoms with Crippen molar-refractivity contribution in [3.8, 4) is 6.07 Å². The minimum Gasteiger partial charge on any atom is -0.326 e. The second-order valence-corrected chi connectivity index (χ2v) is 3.66. The Bertz CT molecular complexity index is 448. The Morgan fingerprint density at radius 3 is 3.13 bits per heavy atom. The third-order valence-electron chi connectivity index (χ3n) is 2.42. The van der Waals surface area contributed by atoms with E-state index in [0.717, 1.165) is 16.8 Å². The molecule has 0 saturated heterocycles. The van der Waals surface area contributed by atoms with Gasteiger partial charge in [0.15, 0.2) is 0 Å². The zero-order valence-corrected chi connectivity index (χ0v) is 8.16. The van der Waals surface area contributed by atoms with Crippen LogP contribution in [0.2, 0.25) is 0 Å². The van der Waals surface area contributed by atoms with E-state index in [1.165, 1.54) is 0 Å². The average molecular weight is 201 g/mol. The highest BCUT2D eigenvalue weighted by Crippen LogP contribution is 2.24. The number of fused-ring (bicyclic) bond motifs is 1. The fourth-order valence-corrected chi connectivity index (χ4v) is 1.71. The topological polar surface area (TPSA) is 78.9 Å². The summed E-state index contributed by atoms with van der Waals surface area (Å²) in [7, 11) is 0. The zero-order chi connectivity index (χ0) is 10.8. The van der Waals surface area contributed by atoms with Crippen LogP contribution in [0.4, 0.5) is 5.69 Å². The molecule has 0 spiro atoms. The van der Waals surface area contributed by atoms with E-state index in [9.17, 15) is 4.79 Å². The maximum atomic E-state index is 11.1. The maximum absolute atomic E-state index is 11.1. The molecule has 1 heterocycles. The van der Waals surface area contributed by atoms with Gasteiger partial charge in [-0.25, -0.2) is 0 Å². The lowest BCUT2D eigenvalue weighted by Crippen LogP contribution is -2.20. The molecule has 1 unspecified atom stereocenters. The van der Waals surface area contributed by atoms with Gasteiger partial charge >= 0.3 is 0 Å². The number of nitrogens with one attached hydrogen (secondary N) is 1. The van der Waals surface area contributed by atoms with E-state index in [0.29, 0.717) is 12.8 Å². The monoisotopic (exact) mass is 201 g/mol. The Morgan fingerprint density at radius 2 is 2.40 bits per heavy atom. The molecule has 1 aliphatic heterocycles. The first-order chi connectivity index (χ1) is 7.19. The lowest BCUT2D eigenvalue weighted by molar-refractivity contribution is -0.115. The Kier molecular flexibility index (Phi) is 2.40. The number of nitriles is 1. The van der Waals surface area contributed by atoms with Crippen LogP contribution >= 0.6 is 0 Å². The molecule has 76 valence electrons. The number of anilines is 1. The van der Waals surface area contributed by atoms with E-state index >= 15 is 0 Å². The number of rotatable bonds is 2. The van der Waals surface area contributed by atoms with Gasteiger partial charge < -0.3 is 11.1 Å². The van der Waals surface area contributed by atoms with Crippen LogP contribution in [0.5, 0.6) is 0 Å². The highest BCUT2D eigenvalue weighted by atomic mass is 16.1. The number of nitrogens with zero attached hydrogens (tertiary/aromatic N) is 1. The smallest absolute Gasteiger partial charge is 0.228 e. The number of nitrogens with two attached hydrogens (primary N) is 1. The van der Waals surface area contributed by atoms with Crippen LogP contribution in [0.15, 0.2) is 18.2 Å². The zero-order valence-electron chi connectivity index (χ0n) is 8.16. The molecular weight excluding hydrogens is 190 g/mol. The van der Waals surface area contributed by atoms with E-state index in [1.807, 2.05) is 24.3 Å². The van der Waals surface area contributed by atoms with E-state index in [1.54, 1.807) is 0 Å².